The van der Waals surface area contributed by atoms with Gasteiger partial charge in [-0.15, -0.1) is 0 Å². The van der Waals surface area contributed by atoms with Crippen LogP contribution in [0, 0.1) is 5.92 Å². The molecular weight excluding hydrogens is 426 g/mol. The standard InChI is InChI=1S/C28H43N3O3.2H2/c1-21(32)29-25-11-13-28(24-10-6-5-9-23(24)25)14-18-30(19-15-28)17-12-22-8-7-16-31(20-22)26(33)34-27(2,3)4;;/h5-6,9-10,22,25H,7-8,11-20H2,1-4H3,(H,29,32);2*1H/t22?,25-;;/m0../s1. The number of benzene rings is 1. The molecule has 1 N–H and O–H groups in total. The van der Waals surface area contributed by atoms with Gasteiger partial charge in [0.25, 0.3) is 0 Å². The molecule has 1 unspecified atom stereocenters. The maximum Gasteiger partial charge on any atom is 0.410 e. The van der Waals surface area contributed by atoms with E-state index in [1.165, 1.54) is 30.4 Å². The molecule has 4 rings (SSSR count). The molecule has 2 amide bonds. The van der Waals surface area contributed by atoms with Crippen molar-refractivity contribution in [1.82, 2.24) is 15.1 Å². The zero-order chi connectivity index (χ0) is 24.3. The molecule has 34 heavy (non-hydrogen) atoms. The molecule has 0 saturated carbocycles. The van der Waals surface area contributed by atoms with Gasteiger partial charge in [0.2, 0.25) is 5.91 Å². The summed E-state index contributed by atoms with van der Waals surface area (Å²) in [5.41, 5.74) is 2.59. The number of nitrogens with one attached hydrogen (secondary N) is 1. The Balaban J connectivity index is 0.00000228. The largest absolute Gasteiger partial charge is 0.444 e. The lowest BCUT2D eigenvalue weighted by atomic mass is 9.63. The van der Waals surface area contributed by atoms with E-state index < -0.39 is 5.60 Å². The Morgan fingerprint density at radius 1 is 1.12 bits per heavy atom. The Labute approximate surface area is 208 Å². The number of hydrogen-bond acceptors (Lipinski definition) is 4. The van der Waals surface area contributed by atoms with E-state index >= 15 is 0 Å². The number of fused-ring (bicyclic) bond motifs is 2. The fraction of sp³-hybridized carbons (Fsp3) is 0.714. The highest BCUT2D eigenvalue weighted by atomic mass is 16.6. The summed E-state index contributed by atoms with van der Waals surface area (Å²) >= 11 is 0. The molecular formula is C28H47N3O3. The summed E-state index contributed by atoms with van der Waals surface area (Å²) in [6, 6.07) is 8.92. The Kier molecular flexibility index (Phi) is 7.56. The van der Waals surface area contributed by atoms with E-state index in [0.717, 1.165) is 58.4 Å². The van der Waals surface area contributed by atoms with Gasteiger partial charge in [-0.3, -0.25) is 4.79 Å². The first kappa shape index (κ1) is 25.0. The third kappa shape index (κ3) is 5.94. The third-order valence-electron chi connectivity index (χ3n) is 8.03. The summed E-state index contributed by atoms with van der Waals surface area (Å²) in [6.45, 7) is 12.4. The predicted octanol–water partition coefficient (Wildman–Crippen LogP) is 5.52. The van der Waals surface area contributed by atoms with Crippen LogP contribution in [0.5, 0.6) is 0 Å². The van der Waals surface area contributed by atoms with Crippen molar-refractivity contribution in [2.45, 2.75) is 89.7 Å². The van der Waals surface area contributed by atoms with Gasteiger partial charge < -0.3 is 19.9 Å². The van der Waals surface area contributed by atoms with Crippen LogP contribution in [-0.4, -0.2) is 60.1 Å². The minimum absolute atomic E-state index is 0. The number of rotatable bonds is 4. The Morgan fingerprint density at radius 3 is 2.56 bits per heavy atom. The second-order valence-corrected chi connectivity index (χ2v) is 11.7. The second kappa shape index (κ2) is 10.3. The summed E-state index contributed by atoms with van der Waals surface area (Å²) in [7, 11) is 0. The van der Waals surface area contributed by atoms with Crippen LogP contribution < -0.4 is 5.32 Å². The highest BCUT2D eigenvalue weighted by Gasteiger charge is 2.42. The van der Waals surface area contributed by atoms with Gasteiger partial charge in [-0.2, -0.15) is 0 Å². The van der Waals surface area contributed by atoms with Crippen molar-refractivity contribution in [2.24, 2.45) is 5.92 Å². The molecule has 6 nitrogen and oxygen atoms in total. The minimum atomic E-state index is -0.437. The molecule has 2 atom stereocenters. The first-order chi connectivity index (χ1) is 16.2. The number of hydrogen-bond donors (Lipinski definition) is 1. The summed E-state index contributed by atoms with van der Waals surface area (Å²) in [6.07, 6.45) is 7.81. The van der Waals surface area contributed by atoms with Gasteiger partial charge in [-0.25, -0.2) is 4.79 Å². The topological polar surface area (TPSA) is 61.9 Å². The van der Waals surface area contributed by atoms with Gasteiger partial charge in [-0.1, -0.05) is 24.3 Å². The lowest BCUT2D eigenvalue weighted by molar-refractivity contribution is -0.119. The molecule has 192 valence electrons. The number of carbonyl (C=O) groups excluding carboxylic acids is 2. The van der Waals surface area contributed by atoms with E-state index in [-0.39, 0.29) is 26.3 Å². The highest BCUT2D eigenvalue weighted by Crippen LogP contribution is 2.48. The van der Waals surface area contributed by atoms with Crippen molar-refractivity contribution in [3.05, 3.63) is 35.4 Å². The van der Waals surface area contributed by atoms with Crippen LogP contribution in [0.25, 0.3) is 0 Å². The van der Waals surface area contributed by atoms with Gasteiger partial charge in [0, 0.05) is 22.9 Å². The molecule has 2 fully saturated rings. The average molecular weight is 474 g/mol. The van der Waals surface area contributed by atoms with Gasteiger partial charge in [0.15, 0.2) is 0 Å². The second-order valence-electron chi connectivity index (χ2n) is 11.7. The van der Waals surface area contributed by atoms with Crippen molar-refractivity contribution in [1.29, 1.82) is 0 Å². The van der Waals surface area contributed by atoms with Crippen molar-refractivity contribution in [2.75, 3.05) is 32.7 Å². The first-order valence-corrected chi connectivity index (χ1v) is 13.2. The van der Waals surface area contributed by atoms with Gasteiger partial charge in [0.1, 0.15) is 5.60 Å². The lowest BCUT2D eigenvalue weighted by Crippen LogP contribution is -2.47. The number of ether oxygens (including phenoxy) is 1. The molecule has 1 aromatic carbocycles. The van der Waals surface area contributed by atoms with Gasteiger partial charge in [0.05, 0.1) is 6.04 Å². The molecule has 2 aliphatic heterocycles. The SMILES string of the molecule is CC(=O)N[C@H]1CCC2(CCN(CCC3CCCN(C(=O)OC(C)(C)C)C3)CC2)c2ccccc21.[HH].[HH]. The molecule has 1 aromatic rings. The van der Waals surface area contributed by atoms with E-state index in [1.54, 1.807) is 6.92 Å². The lowest BCUT2D eigenvalue weighted by Gasteiger charge is -2.47. The molecule has 6 heteroatoms. The van der Waals surface area contributed by atoms with Crippen LogP contribution in [0.15, 0.2) is 24.3 Å². The summed E-state index contributed by atoms with van der Waals surface area (Å²) < 4.78 is 5.59. The summed E-state index contributed by atoms with van der Waals surface area (Å²) in [5, 5.41) is 3.16. The van der Waals surface area contributed by atoms with Gasteiger partial charge in [-0.05, 0) is 108 Å². The van der Waals surface area contributed by atoms with Crippen molar-refractivity contribution < 1.29 is 17.2 Å². The Morgan fingerprint density at radius 2 is 1.85 bits per heavy atom. The van der Waals surface area contributed by atoms with Crippen molar-refractivity contribution in [3.63, 3.8) is 0 Å². The van der Waals surface area contributed by atoms with Crippen LogP contribution in [-0.2, 0) is 14.9 Å². The fourth-order valence-corrected chi connectivity index (χ4v) is 6.27. The number of likely N-dealkylation sites (tertiary alicyclic amines) is 2. The van der Waals surface area contributed by atoms with E-state index in [4.69, 9.17) is 4.74 Å². The van der Waals surface area contributed by atoms with E-state index in [9.17, 15) is 9.59 Å². The molecule has 0 radical (unpaired) electrons. The quantitative estimate of drug-likeness (QED) is 0.625. The zero-order valence-corrected chi connectivity index (χ0v) is 21.6. The molecule has 3 aliphatic rings. The minimum Gasteiger partial charge on any atom is -0.444 e. The predicted molar refractivity (Wildman–Crippen MR) is 139 cm³/mol. The number of amides is 2. The van der Waals surface area contributed by atoms with Crippen molar-refractivity contribution in [3.8, 4) is 0 Å². The van der Waals surface area contributed by atoms with Crippen molar-refractivity contribution >= 4 is 12.0 Å². The molecule has 1 aliphatic carbocycles. The Hall–Kier alpha value is -2.08. The molecule has 0 aromatic heterocycles. The van der Waals surface area contributed by atoms with Crippen LogP contribution in [0.3, 0.4) is 0 Å². The smallest absolute Gasteiger partial charge is 0.410 e. The van der Waals surface area contributed by atoms with E-state index in [0.29, 0.717) is 5.92 Å². The average Bonchev–Trinajstić information content (AvgIpc) is 2.80. The normalized spacial score (nSPS) is 25.0. The van der Waals surface area contributed by atoms with E-state index in [1.807, 2.05) is 25.7 Å². The molecule has 1 spiro atoms. The number of piperidine rings is 2. The highest BCUT2D eigenvalue weighted by molar-refractivity contribution is 5.73. The number of nitrogens with zero attached hydrogens (tertiary/aromatic N) is 2. The molecule has 2 saturated heterocycles. The van der Waals surface area contributed by atoms with Crippen LogP contribution in [0.4, 0.5) is 4.79 Å². The van der Waals surface area contributed by atoms with Gasteiger partial charge >= 0.3 is 6.09 Å². The zero-order valence-electron chi connectivity index (χ0n) is 21.6. The monoisotopic (exact) mass is 473 g/mol. The maximum atomic E-state index is 12.5. The fourth-order valence-electron chi connectivity index (χ4n) is 6.27. The van der Waals surface area contributed by atoms with Crippen LogP contribution >= 0.6 is 0 Å². The third-order valence-corrected chi connectivity index (χ3v) is 8.03. The maximum absolute atomic E-state index is 12.5. The Bertz CT molecular complexity index is 881. The molecule has 2 heterocycles. The van der Waals surface area contributed by atoms with Crippen LogP contribution in [0.2, 0.25) is 0 Å². The first-order valence-electron chi connectivity index (χ1n) is 13.2. The number of carbonyl (C=O) groups is 2. The summed E-state index contributed by atoms with van der Waals surface area (Å²) in [4.78, 5) is 28.7. The van der Waals surface area contributed by atoms with E-state index in [2.05, 4.69) is 34.5 Å². The van der Waals surface area contributed by atoms with Crippen LogP contribution in [0.1, 0.15) is 92.7 Å². The molecule has 0 bridgehead atoms. The summed E-state index contributed by atoms with van der Waals surface area (Å²) in [5.74, 6) is 0.615.